The fraction of sp³-hybridized carbons (Fsp3) is 0.308. The Balaban J connectivity index is 2.39. The van der Waals surface area contributed by atoms with Crippen molar-refractivity contribution >= 4 is 11.3 Å². The highest BCUT2D eigenvalue weighted by Gasteiger charge is 2.13. The van der Waals surface area contributed by atoms with Crippen molar-refractivity contribution in [2.75, 3.05) is 13.7 Å². The number of benzene rings is 1. The zero-order valence-corrected chi connectivity index (χ0v) is 11.2. The lowest BCUT2D eigenvalue weighted by molar-refractivity contribution is 0.411. The minimum atomic E-state index is -0.317. The van der Waals surface area contributed by atoms with E-state index in [4.69, 9.17) is 10.5 Å². The molecule has 0 amide bonds. The van der Waals surface area contributed by atoms with Crippen LogP contribution in [-0.4, -0.2) is 18.6 Å². The average Bonchev–Trinajstić information content (AvgIpc) is 2.71. The molecule has 1 aromatic heterocycles. The number of rotatable bonds is 4. The lowest BCUT2D eigenvalue weighted by Gasteiger charge is -2.02. The SMILES string of the molecule is COc1ccc(-c2nc(C)c(CCN)s2)c(F)c1. The van der Waals surface area contributed by atoms with Crippen molar-refractivity contribution in [3.8, 4) is 16.3 Å². The van der Waals surface area contributed by atoms with Gasteiger partial charge in [0.2, 0.25) is 0 Å². The number of methoxy groups -OCH3 is 1. The highest BCUT2D eigenvalue weighted by molar-refractivity contribution is 7.15. The van der Waals surface area contributed by atoms with E-state index in [0.717, 1.165) is 17.0 Å². The zero-order valence-electron chi connectivity index (χ0n) is 10.4. The molecule has 18 heavy (non-hydrogen) atoms. The van der Waals surface area contributed by atoms with E-state index in [1.165, 1.54) is 24.5 Å². The molecule has 0 aliphatic carbocycles. The topological polar surface area (TPSA) is 48.1 Å². The third-order valence-electron chi connectivity index (χ3n) is 2.67. The van der Waals surface area contributed by atoms with Crippen LogP contribution in [0.1, 0.15) is 10.6 Å². The van der Waals surface area contributed by atoms with Crippen molar-refractivity contribution in [2.24, 2.45) is 5.73 Å². The summed E-state index contributed by atoms with van der Waals surface area (Å²) in [6.07, 6.45) is 0.779. The number of nitrogens with zero attached hydrogens (tertiary/aromatic N) is 1. The molecular weight excluding hydrogens is 251 g/mol. The lowest BCUT2D eigenvalue weighted by atomic mass is 10.2. The summed E-state index contributed by atoms with van der Waals surface area (Å²) in [5.74, 6) is 0.189. The van der Waals surface area contributed by atoms with Gasteiger partial charge in [0.05, 0.1) is 12.8 Å². The van der Waals surface area contributed by atoms with Crippen LogP contribution in [0.25, 0.3) is 10.6 Å². The van der Waals surface area contributed by atoms with E-state index in [1.807, 2.05) is 6.92 Å². The molecule has 2 N–H and O–H groups in total. The summed E-state index contributed by atoms with van der Waals surface area (Å²) >= 11 is 1.49. The Morgan fingerprint density at radius 3 is 2.83 bits per heavy atom. The van der Waals surface area contributed by atoms with Crippen LogP contribution in [0.2, 0.25) is 0 Å². The Hall–Kier alpha value is -1.46. The molecule has 0 unspecified atom stereocenters. The van der Waals surface area contributed by atoms with Crippen molar-refractivity contribution in [1.82, 2.24) is 4.98 Å². The third-order valence-corrected chi connectivity index (χ3v) is 3.92. The Labute approximate surface area is 109 Å². The molecule has 1 aromatic carbocycles. The van der Waals surface area contributed by atoms with Crippen LogP contribution in [0, 0.1) is 12.7 Å². The van der Waals surface area contributed by atoms with Crippen LogP contribution in [0.5, 0.6) is 5.75 Å². The normalized spacial score (nSPS) is 10.7. The number of hydrogen-bond acceptors (Lipinski definition) is 4. The maximum absolute atomic E-state index is 13.9. The first-order valence-corrected chi connectivity index (χ1v) is 6.47. The van der Waals surface area contributed by atoms with E-state index in [-0.39, 0.29) is 5.82 Å². The molecule has 1 heterocycles. The Kier molecular flexibility index (Phi) is 3.93. The fourth-order valence-electron chi connectivity index (χ4n) is 1.70. The maximum Gasteiger partial charge on any atom is 0.137 e. The summed E-state index contributed by atoms with van der Waals surface area (Å²) in [7, 11) is 1.52. The molecular formula is C13H15FN2OS. The van der Waals surface area contributed by atoms with Crippen LogP contribution >= 0.6 is 11.3 Å². The number of ether oxygens (including phenoxy) is 1. The number of thiazole rings is 1. The predicted octanol–water partition coefficient (Wildman–Crippen LogP) is 2.77. The van der Waals surface area contributed by atoms with Crippen LogP contribution < -0.4 is 10.5 Å². The molecule has 0 spiro atoms. The Morgan fingerprint density at radius 2 is 2.22 bits per heavy atom. The Morgan fingerprint density at radius 1 is 1.44 bits per heavy atom. The van der Waals surface area contributed by atoms with E-state index in [2.05, 4.69) is 4.98 Å². The number of halogens is 1. The van der Waals surface area contributed by atoms with Gasteiger partial charge >= 0.3 is 0 Å². The first-order valence-electron chi connectivity index (χ1n) is 5.66. The zero-order chi connectivity index (χ0) is 13.1. The van der Waals surface area contributed by atoms with Gasteiger partial charge in [-0.2, -0.15) is 0 Å². The molecule has 0 aliphatic rings. The standard InChI is InChI=1S/C13H15FN2OS/c1-8-12(5-6-15)18-13(16-8)10-4-3-9(17-2)7-11(10)14/h3-4,7H,5-6,15H2,1-2H3. The number of nitrogens with two attached hydrogens (primary N) is 1. The second-order valence-electron chi connectivity index (χ2n) is 3.91. The largest absolute Gasteiger partial charge is 0.497 e. The van der Waals surface area contributed by atoms with Gasteiger partial charge in [-0.1, -0.05) is 0 Å². The first-order chi connectivity index (χ1) is 8.65. The van der Waals surface area contributed by atoms with Gasteiger partial charge in [0.25, 0.3) is 0 Å². The molecule has 0 atom stereocenters. The second kappa shape index (κ2) is 5.46. The number of hydrogen-bond donors (Lipinski definition) is 1. The molecule has 3 nitrogen and oxygen atoms in total. The van der Waals surface area contributed by atoms with Gasteiger partial charge in [0.15, 0.2) is 0 Å². The summed E-state index contributed by atoms with van der Waals surface area (Å²) in [6.45, 7) is 2.50. The van der Waals surface area contributed by atoms with Gasteiger partial charge < -0.3 is 10.5 Å². The van der Waals surface area contributed by atoms with Gasteiger partial charge in [0.1, 0.15) is 16.6 Å². The van der Waals surface area contributed by atoms with Gasteiger partial charge in [-0.15, -0.1) is 11.3 Å². The van der Waals surface area contributed by atoms with E-state index in [1.54, 1.807) is 12.1 Å². The molecule has 0 bridgehead atoms. The molecule has 5 heteroatoms. The summed E-state index contributed by atoms with van der Waals surface area (Å²) < 4.78 is 18.9. The molecule has 0 saturated carbocycles. The number of aryl methyl sites for hydroxylation is 1. The summed E-state index contributed by atoms with van der Waals surface area (Å²) in [6, 6.07) is 4.80. The minimum absolute atomic E-state index is 0.317. The molecule has 2 rings (SSSR count). The van der Waals surface area contributed by atoms with E-state index < -0.39 is 0 Å². The van der Waals surface area contributed by atoms with Crippen LogP contribution in [0.4, 0.5) is 4.39 Å². The van der Waals surface area contributed by atoms with Crippen LogP contribution in [-0.2, 0) is 6.42 Å². The van der Waals surface area contributed by atoms with Crippen LogP contribution in [0.15, 0.2) is 18.2 Å². The predicted molar refractivity (Wildman–Crippen MR) is 71.6 cm³/mol. The smallest absolute Gasteiger partial charge is 0.137 e. The van der Waals surface area contributed by atoms with E-state index >= 15 is 0 Å². The summed E-state index contributed by atoms with van der Waals surface area (Å²) in [5, 5.41) is 0.691. The third kappa shape index (κ3) is 2.52. The van der Waals surface area contributed by atoms with Crippen molar-refractivity contribution < 1.29 is 9.13 Å². The van der Waals surface area contributed by atoms with E-state index in [9.17, 15) is 4.39 Å². The van der Waals surface area contributed by atoms with Crippen molar-refractivity contribution in [3.63, 3.8) is 0 Å². The van der Waals surface area contributed by atoms with Crippen molar-refractivity contribution in [2.45, 2.75) is 13.3 Å². The fourth-order valence-corrected chi connectivity index (χ4v) is 2.81. The highest BCUT2D eigenvalue weighted by Crippen LogP contribution is 2.31. The van der Waals surface area contributed by atoms with Gasteiger partial charge in [-0.3, -0.25) is 0 Å². The lowest BCUT2D eigenvalue weighted by Crippen LogP contribution is -2.01. The first kappa shape index (κ1) is 13.0. The molecule has 2 aromatic rings. The van der Waals surface area contributed by atoms with Crippen molar-refractivity contribution in [1.29, 1.82) is 0 Å². The minimum Gasteiger partial charge on any atom is -0.497 e. The van der Waals surface area contributed by atoms with Crippen molar-refractivity contribution in [3.05, 3.63) is 34.6 Å². The quantitative estimate of drug-likeness (QED) is 0.925. The Bertz CT molecular complexity index is 554. The maximum atomic E-state index is 13.9. The van der Waals surface area contributed by atoms with Crippen LogP contribution in [0.3, 0.4) is 0 Å². The summed E-state index contributed by atoms with van der Waals surface area (Å²) in [4.78, 5) is 5.51. The number of aromatic nitrogens is 1. The van der Waals surface area contributed by atoms with Gasteiger partial charge in [0, 0.05) is 16.5 Å². The van der Waals surface area contributed by atoms with Gasteiger partial charge in [-0.25, -0.2) is 9.37 Å². The molecule has 96 valence electrons. The average molecular weight is 266 g/mol. The molecule has 0 aliphatic heterocycles. The molecule has 0 radical (unpaired) electrons. The monoisotopic (exact) mass is 266 g/mol. The molecule has 0 fully saturated rings. The summed E-state index contributed by atoms with van der Waals surface area (Å²) in [5.41, 5.74) is 6.97. The van der Waals surface area contributed by atoms with Gasteiger partial charge in [-0.05, 0) is 32.0 Å². The molecule has 0 saturated heterocycles. The highest BCUT2D eigenvalue weighted by atomic mass is 32.1. The second-order valence-corrected chi connectivity index (χ2v) is 5.00. The van der Waals surface area contributed by atoms with E-state index in [0.29, 0.717) is 22.9 Å².